The van der Waals surface area contributed by atoms with E-state index < -0.39 is 29.0 Å². The molecule has 3 heterocycles. The van der Waals surface area contributed by atoms with Crippen molar-refractivity contribution in [1.82, 2.24) is 35.0 Å². The largest absolute Gasteiger partial charge is 0.433 e. The maximum atomic E-state index is 12.9. The Morgan fingerprint density at radius 2 is 1.86 bits per heavy atom. The number of hydrogen-bond acceptors (Lipinski definition) is 6. The van der Waals surface area contributed by atoms with Gasteiger partial charge in [-0.25, -0.2) is 15.0 Å². The number of carbonyl (C=O) groups excluding carboxylic acids is 1. The quantitative estimate of drug-likeness (QED) is 0.636. The first kappa shape index (κ1) is 20.0. The Hall–Kier alpha value is -2.79. The van der Waals surface area contributed by atoms with Crippen molar-refractivity contribution in [2.75, 3.05) is 0 Å². The molecule has 3 rings (SSSR count). The third-order valence-electron chi connectivity index (χ3n) is 3.43. The van der Waals surface area contributed by atoms with Crippen molar-refractivity contribution in [3.8, 4) is 5.95 Å². The molecule has 28 heavy (non-hydrogen) atoms. The van der Waals surface area contributed by atoms with E-state index in [9.17, 15) is 18.0 Å². The summed E-state index contributed by atoms with van der Waals surface area (Å²) in [4.78, 5) is 27.7. The lowest BCUT2D eigenvalue weighted by Gasteiger charge is -2.14. The van der Waals surface area contributed by atoms with Crippen LogP contribution in [0.25, 0.3) is 5.95 Å². The minimum atomic E-state index is -4.75. The van der Waals surface area contributed by atoms with Crippen molar-refractivity contribution in [3.05, 3.63) is 58.1 Å². The van der Waals surface area contributed by atoms with E-state index in [0.717, 1.165) is 6.07 Å². The average molecular weight is 432 g/mol. The molecular weight excluding hydrogens is 422 g/mol. The molecule has 0 aliphatic rings. The van der Waals surface area contributed by atoms with Gasteiger partial charge < -0.3 is 5.32 Å². The minimum Gasteiger partial charge on any atom is -0.342 e. The molecule has 0 fully saturated rings. The fourth-order valence-corrected chi connectivity index (χ4v) is 2.61. The lowest BCUT2D eigenvalue weighted by Crippen LogP contribution is -2.29. The minimum absolute atomic E-state index is 0.116. The molecule has 13 heteroatoms. The first-order chi connectivity index (χ1) is 13.1. The predicted octanol–water partition coefficient (Wildman–Crippen LogP) is 3.27. The van der Waals surface area contributed by atoms with Crippen LogP contribution in [0.4, 0.5) is 13.2 Å². The lowest BCUT2D eigenvalue weighted by atomic mass is 10.2. The van der Waals surface area contributed by atoms with Crippen molar-refractivity contribution < 1.29 is 18.0 Å². The second kappa shape index (κ2) is 7.68. The van der Waals surface area contributed by atoms with Gasteiger partial charge in [0.25, 0.3) is 11.9 Å². The van der Waals surface area contributed by atoms with Gasteiger partial charge in [0.1, 0.15) is 10.8 Å². The molecule has 146 valence electrons. The Balaban J connectivity index is 1.88. The predicted molar refractivity (Wildman–Crippen MR) is 92.1 cm³/mol. The number of pyridine rings is 1. The van der Waals surface area contributed by atoms with Gasteiger partial charge in [-0.15, -0.1) is 5.10 Å². The van der Waals surface area contributed by atoms with Crippen LogP contribution in [0.3, 0.4) is 0 Å². The molecule has 1 unspecified atom stereocenters. The highest BCUT2D eigenvalue weighted by atomic mass is 35.5. The van der Waals surface area contributed by atoms with Gasteiger partial charge in [-0.2, -0.15) is 22.8 Å². The molecule has 0 saturated heterocycles. The molecule has 0 spiro atoms. The zero-order chi connectivity index (χ0) is 20.5. The zero-order valence-corrected chi connectivity index (χ0v) is 15.5. The number of alkyl halides is 3. The van der Waals surface area contributed by atoms with Crippen LogP contribution in [0.15, 0.2) is 30.6 Å². The number of hydrogen-bond donors (Lipinski definition) is 1. The van der Waals surface area contributed by atoms with E-state index >= 15 is 0 Å². The first-order valence-electron chi connectivity index (χ1n) is 7.60. The summed E-state index contributed by atoms with van der Waals surface area (Å²) < 4.78 is 39.9. The van der Waals surface area contributed by atoms with Crippen LogP contribution in [-0.2, 0) is 6.18 Å². The summed E-state index contributed by atoms with van der Waals surface area (Å²) >= 11 is 11.5. The van der Waals surface area contributed by atoms with Crippen LogP contribution >= 0.6 is 23.2 Å². The Morgan fingerprint density at radius 1 is 1.18 bits per heavy atom. The summed E-state index contributed by atoms with van der Waals surface area (Å²) in [5.41, 5.74) is -1.59. The molecule has 0 bridgehead atoms. The Bertz CT molecular complexity index is 1010. The Kier molecular flexibility index (Phi) is 5.47. The fraction of sp³-hybridized carbons (Fsp3) is 0.200. The SMILES string of the molecule is CC(NC(=O)c1cc(Cl)nc(C(F)(F)F)c1)c1nc(Cl)nn1-c1ncccn1. The zero-order valence-electron chi connectivity index (χ0n) is 13.9. The van der Waals surface area contributed by atoms with Gasteiger partial charge in [-0.05, 0) is 36.7 Å². The summed E-state index contributed by atoms with van der Waals surface area (Å²) in [6.45, 7) is 1.55. The lowest BCUT2D eigenvalue weighted by molar-refractivity contribution is -0.141. The molecule has 1 N–H and O–H groups in total. The topological polar surface area (TPSA) is 98.5 Å². The van der Waals surface area contributed by atoms with Crippen LogP contribution in [0.1, 0.15) is 34.8 Å². The number of nitrogens with one attached hydrogen (secondary N) is 1. The molecule has 0 saturated carbocycles. The van der Waals surface area contributed by atoms with Gasteiger partial charge in [0.05, 0.1) is 6.04 Å². The van der Waals surface area contributed by atoms with Crippen molar-refractivity contribution >= 4 is 29.1 Å². The smallest absolute Gasteiger partial charge is 0.342 e. The van der Waals surface area contributed by atoms with Crippen molar-refractivity contribution in [1.29, 1.82) is 0 Å². The summed E-state index contributed by atoms with van der Waals surface area (Å²) in [7, 11) is 0. The van der Waals surface area contributed by atoms with E-state index in [1.165, 1.54) is 17.1 Å². The Labute approximate surface area is 165 Å². The van der Waals surface area contributed by atoms with E-state index in [-0.39, 0.29) is 22.6 Å². The van der Waals surface area contributed by atoms with Gasteiger partial charge in [0, 0.05) is 18.0 Å². The van der Waals surface area contributed by atoms with Gasteiger partial charge in [0.15, 0.2) is 5.82 Å². The summed E-state index contributed by atoms with van der Waals surface area (Å²) in [6.07, 6.45) is -1.80. The fourth-order valence-electron chi connectivity index (χ4n) is 2.24. The highest BCUT2D eigenvalue weighted by Crippen LogP contribution is 2.29. The molecule has 0 aliphatic carbocycles. The van der Waals surface area contributed by atoms with E-state index in [1.54, 1.807) is 13.0 Å². The number of carbonyl (C=O) groups is 1. The normalized spacial score (nSPS) is 12.6. The molecule has 8 nitrogen and oxygen atoms in total. The number of rotatable bonds is 4. The molecule has 0 aromatic carbocycles. The highest BCUT2D eigenvalue weighted by Gasteiger charge is 2.34. The van der Waals surface area contributed by atoms with Crippen LogP contribution in [-0.4, -0.2) is 35.6 Å². The van der Waals surface area contributed by atoms with Crippen molar-refractivity contribution in [3.63, 3.8) is 0 Å². The third-order valence-corrected chi connectivity index (χ3v) is 3.78. The van der Waals surface area contributed by atoms with E-state index in [0.29, 0.717) is 6.07 Å². The Morgan fingerprint density at radius 3 is 2.50 bits per heavy atom. The summed E-state index contributed by atoms with van der Waals surface area (Å²) in [5, 5.41) is 5.89. The number of amides is 1. The average Bonchev–Trinajstić information content (AvgIpc) is 3.03. The van der Waals surface area contributed by atoms with Gasteiger partial charge >= 0.3 is 6.18 Å². The number of aromatic nitrogens is 6. The molecular formula is C15H10Cl2F3N7O. The maximum absolute atomic E-state index is 12.9. The van der Waals surface area contributed by atoms with E-state index in [2.05, 4.69) is 30.4 Å². The molecule has 3 aromatic heterocycles. The van der Waals surface area contributed by atoms with Gasteiger partial charge in [-0.1, -0.05) is 11.6 Å². The standard InChI is InChI=1S/C15H10Cl2F3N7O/c1-7(11-25-13(17)26-27(11)14-21-3-2-4-22-14)23-12(28)8-5-9(15(18,19)20)24-10(16)6-8/h2-7H,1H3,(H,23,28). The first-order valence-corrected chi connectivity index (χ1v) is 8.36. The van der Waals surface area contributed by atoms with E-state index in [4.69, 9.17) is 23.2 Å². The molecule has 1 amide bonds. The molecule has 3 aromatic rings. The molecule has 0 aliphatic heterocycles. The monoisotopic (exact) mass is 431 g/mol. The summed E-state index contributed by atoms with van der Waals surface area (Å²) in [6, 6.07) is 2.43. The van der Waals surface area contributed by atoms with Crippen LogP contribution in [0.2, 0.25) is 10.4 Å². The van der Waals surface area contributed by atoms with Crippen LogP contribution < -0.4 is 5.32 Å². The summed E-state index contributed by atoms with van der Waals surface area (Å²) in [5.74, 6) is -0.480. The molecule has 1 atom stereocenters. The third kappa shape index (κ3) is 4.37. The maximum Gasteiger partial charge on any atom is 0.433 e. The number of halogens is 5. The molecule has 0 radical (unpaired) electrons. The van der Waals surface area contributed by atoms with Crippen LogP contribution in [0.5, 0.6) is 0 Å². The van der Waals surface area contributed by atoms with Crippen LogP contribution in [0, 0.1) is 0 Å². The second-order valence-electron chi connectivity index (χ2n) is 5.46. The highest BCUT2D eigenvalue weighted by molar-refractivity contribution is 6.29. The second-order valence-corrected chi connectivity index (χ2v) is 6.18. The number of nitrogens with zero attached hydrogens (tertiary/aromatic N) is 6. The van der Waals surface area contributed by atoms with Gasteiger partial charge in [0.2, 0.25) is 5.28 Å². The van der Waals surface area contributed by atoms with E-state index in [1.807, 2.05) is 0 Å². The van der Waals surface area contributed by atoms with Crippen molar-refractivity contribution in [2.24, 2.45) is 0 Å². The van der Waals surface area contributed by atoms with Crippen molar-refractivity contribution in [2.45, 2.75) is 19.1 Å². The van der Waals surface area contributed by atoms with Gasteiger partial charge in [-0.3, -0.25) is 4.79 Å².